The zero-order valence-corrected chi connectivity index (χ0v) is 10.9. The molecule has 0 saturated heterocycles. The average Bonchev–Trinajstić information content (AvgIpc) is 2.32. The van der Waals surface area contributed by atoms with Gasteiger partial charge in [-0.1, -0.05) is 18.0 Å². The van der Waals surface area contributed by atoms with Crippen LogP contribution in [0.5, 0.6) is 0 Å². The Hall–Kier alpha value is -0.740. The number of benzene rings is 1. The lowest BCUT2D eigenvalue weighted by atomic mass is 9.70. The van der Waals surface area contributed by atoms with E-state index in [4.69, 9.17) is 11.6 Å². The van der Waals surface area contributed by atoms with Gasteiger partial charge < -0.3 is 5.32 Å². The van der Waals surface area contributed by atoms with Crippen molar-refractivity contribution < 1.29 is 8.42 Å². The Morgan fingerprint density at radius 1 is 1.29 bits per heavy atom. The number of nitrogens with one attached hydrogen (secondary N) is 1. The first-order valence-electron chi connectivity index (χ1n) is 5.77. The zero-order chi connectivity index (χ0) is 12.1. The Kier molecular flexibility index (Phi) is 2.42. The van der Waals surface area contributed by atoms with Crippen LogP contribution in [0.25, 0.3) is 0 Å². The van der Waals surface area contributed by atoms with Gasteiger partial charge in [0.2, 0.25) is 0 Å². The molecule has 92 valence electrons. The minimum Gasteiger partial charge on any atom is -0.383 e. The third-order valence-electron chi connectivity index (χ3n) is 3.84. The number of sulfone groups is 1. The molecule has 0 radical (unpaired) electrons. The molecule has 1 aliphatic carbocycles. The number of hydrogen-bond acceptors (Lipinski definition) is 3. The van der Waals surface area contributed by atoms with Crippen molar-refractivity contribution in [3.05, 3.63) is 23.2 Å². The maximum atomic E-state index is 12.3. The summed E-state index contributed by atoms with van der Waals surface area (Å²) in [6.07, 6.45) is 3.14. The van der Waals surface area contributed by atoms with E-state index >= 15 is 0 Å². The first kappa shape index (κ1) is 11.4. The van der Waals surface area contributed by atoms with Crippen LogP contribution >= 0.6 is 11.6 Å². The number of halogens is 1. The molecule has 0 aromatic heterocycles. The predicted octanol–water partition coefficient (Wildman–Crippen LogP) is 2.71. The Bertz CT molecular complexity index is 564. The van der Waals surface area contributed by atoms with Crippen LogP contribution in [0.1, 0.15) is 19.3 Å². The van der Waals surface area contributed by atoms with Gasteiger partial charge in [-0.25, -0.2) is 8.42 Å². The van der Waals surface area contributed by atoms with Gasteiger partial charge in [0.05, 0.1) is 16.3 Å². The molecule has 1 N–H and O–H groups in total. The van der Waals surface area contributed by atoms with E-state index in [1.165, 1.54) is 0 Å². The van der Waals surface area contributed by atoms with Crippen LogP contribution in [0.2, 0.25) is 5.02 Å². The Labute approximate surface area is 106 Å². The van der Waals surface area contributed by atoms with E-state index in [0.717, 1.165) is 25.8 Å². The van der Waals surface area contributed by atoms with E-state index in [1.54, 1.807) is 18.2 Å². The molecule has 3 nitrogen and oxygen atoms in total. The summed E-state index contributed by atoms with van der Waals surface area (Å²) in [5.74, 6) is 0.266. The summed E-state index contributed by atoms with van der Waals surface area (Å²) in [6.45, 7) is 0.736. The molecule has 1 heterocycles. The third kappa shape index (κ3) is 1.83. The highest BCUT2D eigenvalue weighted by Gasteiger charge is 2.43. The molecule has 0 amide bonds. The Morgan fingerprint density at radius 3 is 2.71 bits per heavy atom. The van der Waals surface area contributed by atoms with E-state index in [0.29, 0.717) is 15.6 Å². The summed E-state index contributed by atoms with van der Waals surface area (Å²) < 4.78 is 24.7. The van der Waals surface area contributed by atoms with Gasteiger partial charge in [-0.15, -0.1) is 0 Å². The summed E-state index contributed by atoms with van der Waals surface area (Å²) in [5, 5.41) is 3.82. The average molecular weight is 272 g/mol. The third-order valence-corrected chi connectivity index (χ3v) is 6.09. The van der Waals surface area contributed by atoms with Gasteiger partial charge in [-0.3, -0.25) is 0 Å². The van der Waals surface area contributed by atoms with E-state index < -0.39 is 9.84 Å². The van der Waals surface area contributed by atoms with Crippen molar-refractivity contribution in [2.75, 3.05) is 17.6 Å². The van der Waals surface area contributed by atoms with E-state index in [9.17, 15) is 8.42 Å². The van der Waals surface area contributed by atoms with Crippen LogP contribution in [0.3, 0.4) is 0 Å². The first-order valence-corrected chi connectivity index (χ1v) is 7.80. The summed E-state index contributed by atoms with van der Waals surface area (Å²) in [6, 6.07) is 4.95. The summed E-state index contributed by atoms with van der Waals surface area (Å²) in [5.41, 5.74) is 0.603. The van der Waals surface area contributed by atoms with E-state index in [1.807, 2.05) is 0 Å². The standard InChI is InChI=1S/C12H14ClNO2S/c13-9-2-3-11-10(6-9)14-7-12(4-1-5-12)8-17(11,15)16/h2-3,6,14H,1,4-5,7-8H2. The summed E-state index contributed by atoms with van der Waals surface area (Å²) in [7, 11) is -3.18. The summed E-state index contributed by atoms with van der Waals surface area (Å²) >= 11 is 5.91. The van der Waals surface area contributed by atoms with Gasteiger partial charge in [-0.05, 0) is 31.0 Å². The second-order valence-electron chi connectivity index (χ2n) is 5.11. The van der Waals surface area contributed by atoms with Crippen LogP contribution < -0.4 is 5.32 Å². The molecule has 1 aliphatic heterocycles. The maximum absolute atomic E-state index is 12.3. The fourth-order valence-electron chi connectivity index (χ4n) is 2.72. The lowest BCUT2D eigenvalue weighted by Gasteiger charge is -2.40. The van der Waals surface area contributed by atoms with Crippen LogP contribution in [-0.2, 0) is 9.84 Å². The van der Waals surface area contributed by atoms with Crippen molar-refractivity contribution in [3.8, 4) is 0 Å². The molecule has 1 aromatic carbocycles. The molecule has 0 atom stereocenters. The molecule has 17 heavy (non-hydrogen) atoms. The molecular formula is C12H14ClNO2S. The van der Waals surface area contributed by atoms with Crippen molar-refractivity contribution in [3.63, 3.8) is 0 Å². The van der Waals surface area contributed by atoms with E-state index in [2.05, 4.69) is 5.32 Å². The van der Waals surface area contributed by atoms with Crippen molar-refractivity contribution in [2.24, 2.45) is 5.41 Å². The Balaban J connectivity index is 2.10. The van der Waals surface area contributed by atoms with Crippen molar-refractivity contribution >= 4 is 27.1 Å². The van der Waals surface area contributed by atoms with Crippen molar-refractivity contribution in [1.29, 1.82) is 0 Å². The van der Waals surface area contributed by atoms with Crippen LogP contribution in [0.15, 0.2) is 23.1 Å². The lowest BCUT2D eigenvalue weighted by molar-refractivity contribution is 0.184. The molecule has 1 fully saturated rings. The maximum Gasteiger partial charge on any atom is 0.181 e. The monoisotopic (exact) mass is 271 g/mol. The van der Waals surface area contributed by atoms with Gasteiger partial charge in [0.1, 0.15) is 0 Å². The minimum atomic E-state index is -3.18. The van der Waals surface area contributed by atoms with Crippen LogP contribution in [-0.4, -0.2) is 20.7 Å². The highest BCUT2D eigenvalue weighted by molar-refractivity contribution is 7.91. The molecule has 2 aliphatic rings. The number of rotatable bonds is 0. The first-order chi connectivity index (χ1) is 8.01. The highest BCUT2D eigenvalue weighted by Crippen LogP contribution is 2.46. The highest BCUT2D eigenvalue weighted by atomic mass is 35.5. The molecule has 5 heteroatoms. The second-order valence-corrected chi connectivity index (χ2v) is 7.50. The van der Waals surface area contributed by atoms with Crippen molar-refractivity contribution in [1.82, 2.24) is 0 Å². The molecule has 0 bridgehead atoms. The number of hydrogen-bond donors (Lipinski definition) is 1. The zero-order valence-electron chi connectivity index (χ0n) is 9.37. The molecule has 3 rings (SSSR count). The second kappa shape index (κ2) is 3.62. The predicted molar refractivity (Wildman–Crippen MR) is 68.3 cm³/mol. The van der Waals surface area contributed by atoms with Gasteiger partial charge in [0.25, 0.3) is 0 Å². The van der Waals surface area contributed by atoms with Crippen LogP contribution in [0, 0.1) is 5.41 Å². The molecule has 1 saturated carbocycles. The van der Waals surface area contributed by atoms with Gasteiger partial charge >= 0.3 is 0 Å². The minimum absolute atomic E-state index is 0.0513. The molecule has 1 aromatic rings. The molecule has 1 spiro atoms. The van der Waals surface area contributed by atoms with Gasteiger partial charge in [0, 0.05) is 17.0 Å². The largest absolute Gasteiger partial charge is 0.383 e. The van der Waals surface area contributed by atoms with Crippen LogP contribution in [0.4, 0.5) is 5.69 Å². The number of fused-ring (bicyclic) bond motifs is 1. The normalized spacial score (nSPS) is 24.3. The Morgan fingerprint density at radius 2 is 2.06 bits per heavy atom. The van der Waals surface area contributed by atoms with Crippen molar-refractivity contribution in [2.45, 2.75) is 24.2 Å². The number of anilines is 1. The summed E-state index contributed by atoms with van der Waals surface area (Å²) in [4.78, 5) is 0.394. The van der Waals surface area contributed by atoms with Gasteiger partial charge in [0.15, 0.2) is 9.84 Å². The smallest absolute Gasteiger partial charge is 0.181 e. The fourth-order valence-corrected chi connectivity index (χ4v) is 4.99. The topological polar surface area (TPSA) is 46.2 Å². The van der Waals surface area contributed by atoms with E-state index in [-0.39, 0.29) is 11.2 Å². The lowest BCUT2D eigenvalue weighted by Crippen LogP contribution is -2.40. The molecular weight excluding hydrogens is 258 g/mol. The van der Waals surface area contributed by atoms with Gasteiger partial charge in [-0.2, -0.15) is 0 Å². The quantitative estimate of drug-likeness (QED) is 0.789. The SMILES string of the molecule is O=S1(=O)CC2(CCC2)CNc2cc(Cl)ccc21. The molecule has 0 unspecified atom stereocenters. The fraction of sp³-hybridized carbons (Fsp3) is 0.500.